The lowest BCUT2D eigenvalue weighted by atomic mass is 9.88. The van der Waals surface area contributed by atoms with Crippen LogP contribution >= 0.6 is 0 Å². The van der Waals surface area contributed by atoms with Gasteiger partial charge in [-0.3, -0.25) is 4.98 Å². The molecule has 6 heteroatoms. The Morgan fingerprint density at radius 1 is 1.27 bits per heavy atom. The lowest BCUT2D eigenvalue weighted by molar-refractivity contribution is -0.141. The van der Waals surface area contributed by atoms with Gasteiger partial charge in [0, 0.05) is 18.7 Å². The van der Waals surface area contributed by atoms with Gasteiger partial charge in [0.25, 0.3) is 0 Å². The Morgan fingerprint density at radius 3 is 2.82 bits per heavy atom. The third-order valence-electron chi connectivity index (χ3n) is 3.86. The van der Waals surface area contributed by atoms with E-state index in [-0.39, 0.29) is 5.92 Å². The Balaban J connectivity index is 2.10. The maximum atomic E-state index is 12.8. The molecule has 1 aliphatic heterocycles. The van der Waals surface area contributed by atoms with Gasteiger partial charge in [0.15, 0.2) is 0 Å². The van der Waals surface area contributed by atoms with Crippen LogP contribution in [0.5, 0.6) is 0 Å². The summed E-state index contributed by atoms with van der Waals surface area (Å²) in [5.74, 6) is 0.0765. The number of fused-ring (bicyclic) bond motifs is 1. The summed E-state index contributed by atoms with van der Waals surface area (Å²) >= 11 is 0. The first-order chi connectivity index (χ1) is 10.5. The molecule has 0 spiro atoms. The van der Waals surface area contributed by atoms with Crippen molar-refractivity contribution >= 4 is 0 Å². The zero-order valence-corrected chi connectivity index (χ0v) is 11.7. The molecule has 0 amide bonds. The number of nitrogens with zero attached hydrogens (tertiary/aromatic N) is 1. The molecular formula is C16H15F3N2O. The van der Waals surface area contributed by atoms with E-state index in [1.54, 1.807) is 12.1 Å². The van der Waals surface area contributed by atoms with Crippen LogP contribution in [0, 0.1) is 0 Å². The molecule has 0 radical (unpaired) electrons. The van der Waals surface area contributed by atoms with E-state index >= 15 is 0 Å². The number of hydrogen-bond donors (Lipinski definition) is 1. The van der Waals surface area contributed by atoms with Crippen molar-refractivity contribution in [2.45, 2.75) is 18.7 Å². The van der Waals surface area contributed by atoms with Gasteiger partial charge in [0.05, 0.1) is 13.2 Å². The highest BCUT2D eigenvalue weighted by Gasteiger charge is 2.33. The van der Waals surface area contributed by atoms with E-state index in [0.717, 1.165) is 22.8 Å². The second kappa shape index (κ2) is 5.70. The number of benzene rings is 1. The van der Waals surface area contributed by atoms with E-state index in [9.17, 15) is 13.2 Å². The predicted octanol–water partition coefficient (Wildman–Crippen LogP) is 3.34. The van der Waals surface area contributed by atoms with Gasteiger partial charge < -0.3 is 10.5 Å². The van der Waals surface area contributed by atoms with Crippen molar-refractivity contribution in [1.82, 2.24) is 4.98 Å². The standard InChI is InChI=1S/C16H15F3N2O/c17-16(18,19)15-6-10(4-5-21-15)12-2-1-3-13-11(7-20)8-22-9-14(12)13/h1-6,11H,7-9,20H2/t11-/m1/s1. The van der Waals surface area contributed by atoms with Crippen LogP contribution in [-0.4, -0.2) is 18.1 Å². The Kier molecular flexibility index (Phi) is 3.88. The van der Waals surface area contributed by atoms with E-state index in [0.29, 0.717) is 25.3 Å². The maximum absolute atomic E-state index is 12.8. The molecule has 0 unspecified atom stereocenters. The third kappa shape index (κ3) is 2.71. The summed E-state index contributed by atoms with van der Waals surface area (Å²) < 4.78 is 44.0. The van der Waals surface area contributed by atoms with Crippen LogP contribution in [0.1, 0.15) is 22.7 Å². The third-order valence-corrected chi connectivity index (χ3v) is 3.86. The fourth-order valence-corrected chi connectivity index (χ4v) is 2.76. The highest BCUT2D eigenvalue weighted by Crippen LogP contribution is 2.36. The summed E-state index contributed by atoms with van der Waals surface area (Å²) in [6.07, 6.45) is -3.28. The molecule has 0 aliphatic carbocycles. The molecule has 1 aromatic heterocycles. The van der Waals surface area contributed by atoms with Crippen LogP contribution in [0.25, 0.3) is 11.1 Å². The lowest BCUT2D eigenvalue weighted by Gasteiger charge is -2.26. The fraction of sp³-hybridized carbons (Fsp3) is 0.312. The molecule has 1 atom stereocenters. The zero-order chi connectivity index (χ0) is 15.7. The van der Waals surface area contributed by atoms with Crippen molar-refractivity contribution in [3.8, 4) is 11.1 Å². The molecule has 116 valence electrons. The van der Waals surface area contributed by atoms with Gasteiger partial charge in [0.2, 0.25) is 0 Å². The van der Waals surface area contributed by atoms with Gasteiger partial charge in [0.1, 0.15) is 5.69 Å². The molecule has 1 aromatic carbocycles. The summed E-state index contributed by atoms with van der Waals surface area (Å²) in [5.41, 5.74) is 8.04. The predicted molar refractivity (Wildman–Crippen MR) is 76.1 cm³/mol. The van der Waals surface area contributed by atoms with Gasteiger partial charge in [-0.05, 0) is 34.4 Å². The second-order valence-corrected chi connectivity index (χ2v) is 5.25. The van der Waals surface area contributed by atoms with Gasteiger partial charge in [-0.25, -0.2) is 0 Å². The van der Waals surface area contributed by atoms with Crippen molar-refractivity contribution in [2.75, 3.05) is 13.2 Å². The summed E-state index contributed by atoms with van der Waals surface area (Å²) in [7, 11) is 0. The van der Waals surface area contributed by atoms with Gasteiger partial charge >= 0.3 is 6.18 Å². The van der Waals surface area contributed by atoms with Crippen molar-refractivity contribution < 1.29 is 17.9 Å². The van der Waals surface area contributed by atoms with Gasteiger partial charge in [-0.15, -0.1) is 0 Å². The topological polar surface area (TPSA) is 48.1 Å². The lowest BCUT2D eigenvalue weighted by Crippen LogP contribution is -2.24. The smallest absolute Gasteiger partial charge is 0.376 e. The van der Waals surface area contributed by atoms with Crippen LogP contribution in [0.3, 0.4) is 0 Å². The van der Waals surface area contributed by atoms with Gasteiger partial charge in [-0.2, -0.15) is 13.2 Å². The highest BCUT2D eigenvalue weighted by atomic mass is 19.4. The van der Waals surface area contributed by atoms with Crippen LogP contribution in [0.2, 0.25) is 0 Å². The molecule has 2 heterocycles. The average molecular weight is 308 g/mol. The monoisotopic (exact) mass is 308 g/mol. The molecule has 2 N–H and O–H groups in total. The maximum Gasteiger partial charge on any atom is 0.433 e. The largest absolute Gasteiger partial charge is 0.433 e. The molecular weight excluding hydrogens is 293 g/mol. The van der Waals surface area contributed by atoms with E-state index in [1.165, 1.54) is 6.20 Å². The molecule has 3 rings (SSSR count). The van der Waals surface area contributed by atoms with Crippen LogP contribution in [0.4, 0.5) is 13.2 Å². The highest BCUT2D eigenvalue weighted by molar-refractivity contribution is 5.69. The summed E-state index contributed by atoms with van der Waals surface area (Å²) in [6, 6.07) is 8.26. The van der Waals surface area contributed by atoms with Crippen molar-refractivity contribution in [1.29, 1.82) is 0 Å². The number of pyridine rings is 1. The molecule has 0 saturated heterocycles. The number of hydrogen-bond acceptors (Lipinski definition) is 3. The summed E-state index contributed by atoms with van der Waals surface area (Å²) in [5, 5.41) is 0. The number of halogens is 3. The number of aromatic nitrogens is 1. The Bertz CT molecular complexity index is 685. The summed E-state index contributed by atoms with van der Waals surface area (Å²) in [6.45, 7) is 1.36. The summed E-state index contributed by atoms with van der Waals surface area (Å²) in [4.78, 5) is 3.40. The zero-order valence-electron chi connectivity index (χ0n) is 11.7. The number of ether oxygens (including phenoxy) is 1. The Labute approximate surface area is 125 Å². The quantitative estimate of drug-likeness (QED) is 0.925. The van der Waals surface area contributed by atoms with Crippen molar-refractivity contribution in [3.63, 3.8) is 0 Å². The van der Waals surface area contributed by atoms with Crippen LogP contribution in [0.15, 0.2) is 36.5 Å². The number of alkyl halides is 3. The number of rotatable bonds is 2. The second-order valence-electron chi connectivity index (χ2n) is 5.25. The molecule has 3 nitrogen and oxygen atoms in total. The molecule has 0 fully saturated rings. The molecule has 22 heavy (non-hydrogen) atoms. The van der Waals surface area contributed by atoms with Crippen LogP contribution < -0.4 is 5.73 Å². The Morgan fingerprint density at radius 2 is 2.09 bits per heavy atom. The minimum atomic E-state index is -4.46. The van der Waals surface area contributed by atoms with E-state index in [4.69, 9.17) is 10.5 Å². The first-order valence-corrected chi connectivity index (χ1v) is 6.94. The molecule has 1 aliphatic rings. The SMILES string of the molecule is NC[C@@H]1COCc2c(-c3ccnc(C(F)(F)F)c3)cccc21. The van der Waals surface area contributed by atoms with E-state index in [2.05, 4.69) is 4.98 Å². The van der Waals surface area contributed by atoms with Crippen LogP contribution in [-0.2, 0) is 17.5 Å². The van der Waals surface area contributed by atoms with Crippen molar-refractivity contribution in [3.05, 3.63) is 53.3 Å². The average Bonchev–Trinajstić information content (AvgIpc) is 2.53. The number of nitrogens with two attached hydrogens (primary N) is 1. The van der Waals surface area contributed by atoms with E-state index in [1.807, 2.05) is 12.1 Å². The molecule has 0 bridgehead atoms. The first kappa shape index (κ1) is 15.0. The van der Waals surface area contributed by atoms with E-state index < -0.39 is 11.9 Å². The normalized spacial score (nSPS) is 18.1. The molecule has 0 saturated carbocycles. The first-order valence-electron chi connectivity index (χ1n) is 6.94. The minimum absolute atomic E-state index is 0.0765. The van der Waals surface area contributed by atoms with Crippen molar-refractivity contribution in [2.24, 2.45) is 5.73 Å². The minimum Gasteiger partial charge on any atom is -0.376 e. The fourth-order valence-electron chi connectivity index (χ4n) is 2.76. The Hall–Kier alpha value is -1.92. The van der Waals surface area contributed by atoms with Gasteiger partial charge in [-0.1, -0.05) is 18.2 Å². The molecule has 2 aromatic rings.